The summed E-state index contributed by atoms with van der Waals surface area (Å²) >= 11 is 0. The van der Waals surface area contributed by atoms with E-state index in [9.17, 15) is 18.3 Å². The van der Waals surface area contributed by atoms with Crippen LogP contribution in [0.15, 0.2) is 65.6 Å². The number of carbonyl (C=O) groups excluding carboxylic acids is 1. The molecule has 0 radical (unpaired) electrons. The Kier molecular flexibility index (Phi) is 5.96. The lowest BCUT2D eigenvalue weighted by Crippen LogP contribution is -2.55. The van der Waals surface area contributed by atoms with Crippen molar-refractivity contribution in [2.24, 2.45) is 0 Å². The molecule has 154 valence electrons. The molecule has 0 saturated carbocycles. The zero-order chi connectivity index (χ0) is 21.4. The molecule has 0 amide bonds. The number of sulfonamides is 1. The lowest BCUT2D eigenvalue weighted by Gasteiger charge is -2.38. The molecule has 2 aromatic rings. The predicted octanol–water partition coefficient (Wildman–Crippen LogP) is 3.68. The highest BCUT2D eigenvalue weighted by Crippen LogP contribution is 2.34. The first kappa shape index (κ1) is 21.6. The number of aliphatic hydroxyl groups excluding tert-OH is 1. The van der Waals surface area contributed by atoms with Gasteiger partial charge in [0.2, 0.25) is 10.0 Å². The summed E-state index contributed by atoms with van der Waals surface area (Å²) in [6, 6.07) is 15.0. The molecule has 1 heterocycles. The maximum Gasteiger partial charge on any atom is 0.246 e. The maximum absolute atomic E-state index is 13.4. The zero-order valence-corrected chi connectivity index (χ0v) is 19.0. The van der Waals surface area contributed by atoms with Crippen molar-refractivity contribution in [2.75, 3.05) is 0 Å². The van der Waals surface area contributed by atoms with E-state index in [1.165, 1.54) is 18.2 Å². The fourth-order valence-corrected chi connectivity index (χ4v) is 6.79. The lowest BCUT2D eigenvalue weighted by atomic mass is 9.94. The summed E-state index contributed by atoms with van der Waals surface area (Å²) in [4.78, 5) is 13.5. The standard InChI is InChI=1S/C22H27NO4SSi/c1-16-10-12-18(13-11-16)28(26,27)23-20(15-29(2,3)4)22(25)19(14-21(23)24)17-8-6-5-7-9-17/h5-14,20-21,24H,15H2,1-4H3/t20-,21+/m0/s1. The van der Waals surface area contributed by atoms with Crippen LogP contribution in [0.25, 0.3) is 5.57 Å². The predicted molar refractivity (Wildman–Crippen MR) is 118 cm³/mol. The number of aliphatic hydroxyl groups is 1. The first-order valence-electron chi connectivity index (χ1n) is 9.60. The van der Waals surface area contributed by atoms with E-state index in [1.807, 2.05) is 25.1 Å². The summed E-state index contributed by atoms with van der Waals surface area (Å²) in [5.41, 5.74) is 1.99. The molecule has 29 heavy (non-hydrogen) atoms. The largest absolute Gasteiger partial charge is 0.374 e. The summed E-state index contributed by atoms with van der Waals surface area (Å²) in [6.07, 6.45) is -0.0556. The fraction of sp³-hybridized carbons (Fsp3) is 0.318. The van der Waals surface area contributed by atoms with Crippen LogP contribution in [-0.4, -0.2) is 44.0 Å². The van der Waals surface area contributed by atoms with Crippen LogP contribution in [0.1, 0.15) is 11.1 Å². The van der Waals surface area contributed by atoms with Gasteiger partial charge in [0.05, 0.1) is 10.9 Å². The monoisotopic (exact) mass is 429 g/mol. The molecule has 1 aliphatic heterocycles. The van der Waals surface area contributed by atoms with Gasteiger partial charge in [-0.2, -0.15) is 4.31 Å². The van der Waals surface area contributed by atoms with E-state index in [2.05, 4.69) is 19.6 Å². The number of ketones is 1. The second-order valence-electron chi connectivity index (χ2n) is 8.65. The normalized spacial score (nSPS) is 21.1. The fourth-order valence-electron chi connectivity index (χ4n) is 3.54. The number of benzene rings is 2. The molecule has 0 fully saturated rings. The van der Waals surface area contributed by atoms with Crippen LogP contribution in [0.3, 0.4) is 0 Å². The van der Waals surface area contributed by atoms with Crippen molar-refractivity contribution in [3.63, 3.8) is 0 Å². The second-order valence-corrected chi connectivity index (χ2v) is 16.0. The molecule has 2 aromatic carbocycles. The molecular formula is C22H27NO4SSi. The minimum Gasteiger partial charge on any atom is -0.374 e. The molecule has 0 saturated heterocycles. The van der Waals surface area contributed by atoms with E-state index in [4.69, 9.17) is 0 Å². The van der Waals surface area contributed by atoms with Crippen LogP contribution in [0.4, 0.5) is 0 Å². The Morgan fingerprint density at radius 3 is 2.14 bits per heavy atom. The van der Waals surface area contributed by atoms with Crippen LogP contribution in [-0.2, 0) is 14.8 Å². The highest BCUT2D eigenvalue weighted by atomic mass is 32.2. The molecule has 0 aliphatic carbocycles. The van der Waals surface area contributed by atoms with Crippen molar-refractivity contribution < 1.29 is 18.3 Å². The highest BCUT2D eigenvalue weighted by Gasteiger charge is 2.45. The Hall–Kier alpha value is -2.06. The SMILES string of the molecule is Cc1ccc(S(=O)(=O)N2[C@H](O)C=C(c3ccccc3)C(=O)[C@@H]2C[Si](C)(C)C)cc1. The third-order valence-corrected chi connectivity index (χ3v) is 8.44. The van der Waals surface area contributed by atoms with Gasteiger partial charge in [-0.1, -0.05) is 67.7 Å². The first-order chi connectivity index (χ1) is 13.5. The first-order valence-corrected chi connectivity index (χ1v) is 14.8. The van der Waals surface area contributed by atoms with E-state index in [0.29, 0.717) is 17.2 Å². The van der Waals surface area contributed by atoms with Crippen LogP contribution >= 0.6 is 0 Å². The summed E-state index contributed by atoms with van der Waals surface area (Å²) in [7, 11) is -5.89. The Morgan fingerprint density at radius 1 is 1.00 bits per heavy atom. The molecule has 5 nitrogen and oxygen atoms in total. The highest BCUT2D eigenvalue weighted by molar-refractivity contribution is 7.89. The number of hydrogen-bond donors (Lipinski definition) is 1. The van der Waals surface area contributed by atoms with Gasteiger partial charge in [-0.15, -0.1) is 0 Å². The van der Waals surface area contributed by atoms with Crippen LogP contribution in [0.5, 0.6) is 0 Å². The minimum atomic E-state index is -4.05. The Balaban J connectivity index is 2.12. The van der Waals surface area contributed by atoms with Gasteiger partial charge in [-0.3, -0.25) is 4.79 Å². The maximum atomic E-state index is 13.4. The van der Waals surface area contributed by atoms with Gasteiger partial charge in [0.1, 0.15) is 6.23 Å². The van der Waals surface area contributed by atoms with Crippen molar-refractivity contribution in [2.45, 2.75) is 49.8 Å². The van der Waals surface area contributed by atoms with Crippen molar-refractivity contribution in [3.8, 4) is 0 Å². The number of aryl methyl sites for hydroxylation is 1. The van der Waals surface area contributed by atoms with Crippen LogP contribution in [0, 0.1) is 6.92 Å². The van der Waals surface area contributed by atoms with Crippen molar-refractivity contribution >= 4 is 29.5 Å². The molecule has 1 N–H and O–H groups in total. The molecule has 0 aromatic heterocycles. The van der Waals surface area contributed by atoms with E-state index >= 15 is 0 Å². The molecule has 1 aliphatic rings. The number of hydrogen-bond acceptors (Lipinski definition) is 4. The minimum absolute atomic E-state index is 0.0760. The second kappa shape index (κ2) is 7.99. The van der Waals surface area contributed by atoms with Gasteiger partial charge in [0, 0.05) is 13.6 Å². The smallest absolute Gasteiger partial charge is 0.246 e. The number of Topliss-reactive ketones (excluding diaryl/α,β-unsaturated/α-hetero) is 1. The molecule has 0 bridgehead atoms. The van der Waals surface area contributed by atoms with E-state index in [-0.39, 0.29) is 10.7 Å². The Labute approximate surface area is 173 Å². The van der Waals surface area contributed by atoms with Crippen molar-refractivity contribution in [3.05, 3.63) is 71.8 Å². The molecule has 2 atom stereocenters. The van der Waals surface area contributed by atoms with Gasteiger partial charge in [-0.05, 0) is 36.7 Å². The number of carbonyl (C=O) groups is 1. The van der Waals surface area contributed by atoms with Gasteiger partial charge < -0.3 is 5.11 Å². The lowest BCUT2D eigenvalue weighted by molar-refractivity contribution is -0.119. The third kappa shape index (κ3) is 4.58. The average molecular weight is 430 g/mol. The van der Waals surface area contributed by atoms with Gasteiger partial charge in [-0.25, -0.2) is 8.42 Å². The summed E-state index contributed by atoms with van der Waals surface area (Å²) < 4.78 is 27.8. The molecular weight excluding hydrogens is 402 g/mol. The number of nitrogens with zero attached hydrogens (tertiary/aromatic N) is 1. The average Bonchev–Trinajstić information content (AvgIpc) is 2.64. The van der Waals surface area contributed by atoms with Gasteiger partial charge >= 0.3 is 0 Å². The molecule has 0 spiro atoms. The van der Waals surface area contributed by atoms with E-state index in [0.717, 1.165) is 9.87 Å². The number of rotatable bonds is 5. The van der Waals surface area contributed by atoms with E-state index in [1.54, 1.807) is 24.3 Å². The quantitative estimate of drug-likeness (QED) is 0.736. The summed E-state index contributed by atoms with van der Waals surface area (Å²) in [6.45, 7) is 8.14. The van der Waals surface area contributed by atoms with E-state index < -0.39 is 30.4 Å². The van der Waals surface area contributed by atoms with Crippen LogP contribution < -0.4 is 0 Å². The third-order valence-electron chi connectivity index (χ3n) is 4.94. The van der Waals surface area contributed by atoms with Crippen molar-refractivity contribution in [1.29, 1.82) is 0 Å². The van der Waals surface area contributed by atoms with Crippen molar-refractivity contribution in [1.82, 2.24) is 4.31 Å². The zero-order valence-electron chi connectivity index (χ0n) is 17.2. The molecule has 3 rings (SSSR count). The summed E-state index contributed by atoms with van der Waals surface area (Å²) in [5, 5.41) is 10.9. The van der Waals surface area contributed by atoms with Crippen LogP contribution in [0.2, 0.25) is 25.7 Å². The van der Waals surface area contributed by atoms with Gasteiger partial charge in [0.15, 0.2) is 5.78 Å². The Morgan fingerprint density at radius 2 is 1.59 bits per heavy atom. The topological polar surface area (TPSA) is 74.7 Å². The molecule has 0 unspecified atom stereocenters. The molecule has 7 heteroatoms. The Bertz CT molecular complexity index is 1020. The summed E-state index contributed by atoms with van der Waals surface area (Å²) in [5.74, 6) is -0.264. The van der Waals surface area contributed by atoms with Gasteiger partial charge in [0.25, 0.3) is 0 Å².